The smallest absolute Gasteiger partial charge is 0.0522 e. The minimum absolute atomic E-state index is 0.615. The maximum absolute atomic E-state index is 4.33. The molecule has 3 nitrogen and oxygen atoms in total. The number of hydrogen-bond donors (Lipinski definition) is 1. The zero-order valence-electron chi connectivity index (χ0n) is 10.1. The Morgan fingerprint density at radius 2 is 2.56 bits per heavy atom. The molecule has 0 spiro atoms. The minimum Gasteiger partial charge on any atom is -0.316 e. The van der Waals surface area contributed by atoms with Gasteiger partial charge in [-0.15, -0.1) is 0 Å². The SMILES string of the molecule is CCn1cc(CC(NC)C2CCSC2)cn1. The topological polar surface area (TPSA) is 29.9 Å². The average Bonchev–Trinajstić information content (AvgIpc) is 2.96. The summed E-state index contributed by atoms with van der Waals surface area (Å²) in [6.45, 7) is 3.09. The summed E-state index contributed by atoms with van der Waals surface area (Å²) >= 11 is 2.09. The highest BCUT2D eigenvalue weighted by molar-refractivity contribution is 7.99. The van der Waals surface area contributed by atoms with Crippen LogP contribution in [0.25, 0.3) is 0 Å². The molecule has 1 aromatic rings. The highest BCUT2D eigenvalue weighted by Gasteiger charge is 2.24. The average molecular weight is 239 g/mol. The highest BCUT2D eigenvalue weighted by atomic mass is 32.2. The van der Waals surface area contributed by atoms with Crippen molar-refractivity contribution >= 4 is 11.8 Å². The van der Waals surface area contributed by atoms with Crippen LogP contribution in [-0.2, 0) is 13.0 Å². The van der Waals surface area contributed by atoms with Gasteiger partial charge in [-0.05, 0) is 49.8 Å². The number of likely N-dealkylation sites (N-methyl/N-ethyl adjacent to an activating group) is 1. The Labute approximate surface area is 102 Å². The molecule has 1 N–H and O–H groups in total. The Kier molecular flexibility index (Phi) is 4.29. The fourth-order valence-electron chi connectivity index (χ4n) is 2.31. The van der Waals surface area contributed by atoms with Gasteiger partial charge in [0, 0.05) is 18.8 Å². The molecular weight excluding hydrogens is 218 g/mol. The van der Waals surface area contributed by atoms with Crippen molar-refractivity contribution in [3.63, 3.8) is 0 Å². The molecule has 1 aliphatic rings. The van der Waals surface area contributed by atoms with Crippen LogP contribution in [0, 0.1) is 5.92 Å². The van der Waals surface area contributed by atoms with E-state index in [2.05, 4.69) is 42.3 Å². The van der Waals surface area contributed by atoms with Crippen molar-refractivity contribution in [3.05, 3.63) is 18.0 Å². The van der Waals surface area contributed by atoms with Crippen LogP contribution in [0.1, 0.15) is 18.9 Å². The van der Waals surface area contributed by atoms with E-state index in [-0.39, 0.29) is 0 Å². The summed E-state index contributed by atoms with van der Waals surface area (Å²) in [5.74, 6) is 3.48. The number of rotatable bonds is 5. The standard InChI is InChI=1S/C12H21N3S/c1-3-15-8-10(7-14-15)6-12(13-2)11-4-5-16-9-11/h7-8,11-13H,3-6,9H2,1-2H3. The molecule has 1 fully saturated rings. The number of nitrogens with zero attached hydrogens (tertiary/aromatic N) is 2. The normalized spacial score (nSPS) is 22.5. The van der Waals surface area contributed by atoms with Gasteiger partial charge in [-0.2, -0.15) is 16.9 Å². The third kappa shape index (κ3) is 2.80. The maximum atomic E-state index is 4.33. The predicted octanol–water partition coefficient (Wildman–Crippen LogP) is 1.79. The second kappa shape index (κ2) is 5.73. The summed E-state index contributed by atoms with van der Waals surface area (Å²) in [6, 6.07) is 0.615. The lowest BCUT2D eigenvalue weighted by Crippen LogP contribution is -2.35. The van der Waals surface area contributed by atoms with E-state index in [9.17, 15) is 0 Å². The second-order valence-corrected chi connectivity index (χ2v) is 5.58. The largest absolute Gasteiger partial charge is 0.316 e. The molecule has 16 heavy (non-hydrogen) atoms. The third-order valence-corrected chi connectivity index (χ3v) is 4.56. The summed E-state index contributed by atoms with van der Waals surface area (Å²) in [5.41, 5.74) is 1.36. The number of hydrogen-bond acceptors (Lipinski definition) is 3. The van der Waals surface area contributed by atoms with Gasteiger partial charge in [0.1, 0.15) is 0 Å². The summed E-state index contributed by atoms with van der Waals surface area (Å²) in [7, 11) is 2.08. The number of thioether (sulfide) groups is 1. The molecule has 2 heterocycles. The molecular formula is C12H21N3S. The van der Waals surface area contributed by atoms with Gasteiger partial charge in [0.15, 0.2) is 0 Å². The number of aryl methyl sites for hydroxylation is 1. The van der Waals surface area contributed by atoms with Crippen LogP contribution >= 0.6 is 11.8 Å². The molecule has 2 rings (SSSR count). The Morgan fingerprint density at radius 1 is 1.69 bits per heavy atom. The lowest BCUT2D eigenvalue weighted by Gasteiger charge is -2.21. The quantitative estimate of drug-likeness (QED) is 0.849. The molecule has 0 aromatic carbocycles. The summed E-state index contributed by atoms with van der Waals surface area (Å²) in [5, 5.41) is 7.80. The lowest BCUT2D eigenvalue weighted by atomic mass is 9.94. The molecule has 2 atom stereocenters. The van der Waals surface area contributed by atoms with E-state index in [0.717, 1.165) is 18.9 Å². The molecule has 1 aliphatic heterocycles. The fourth-order valence-corrected chi connectivity index (χ4v) is 3.65. The van der Waals surface area contributed by atoms with Gasteiger partial charge in [-0.25, -0.2) is 0 Å². The van der Waals surface area contributed by atoms with E-state index in [4.69, 9.17) is 0 Å². The van der Waals surface area contributed by atoms with E-state index >= 15 is 0 Å². The Hall–Kier alpha value is -0.480. The van der Waals surface area contributed by atoms with Crippen molar-refractivity contribution < 1.29 is 0 Å². The van der Waals surface area contributed by atoms with Crippen LogP contribution in [0.2, 0.25) is 0 Å². The lowest BCUT2D eigenvalue weighted by molar-refractivity contribution is 0.404. The first-order valence-corrected chi connectivity index (χ1v) is 7.25. The summed E-state index contributed by atoms with van der Waals surface area (Å²) < 4.78 is 2.01. The first-order chi connectivity index (χ1) is 7.83. The molecule has 2 unspecified atom stereocenters. The zero-order chi connectivity index (χ0) is 11.4. The molecule has 1 saturated heterocycles. The first kappa shape index (κ1) is 12.0. The molecule has 0 bridgehead atoms. The molecule has 0 radical (unpaired) electrons. The monoisotopic (exact) mass is 239 g/mol. The predicted molar refractivity (Wildman–Crippen MR) is 69.9 cm³/mol. The van der Waals surface area contributed by atoms with Crippen molar-refractivity contribution in [1.29, 1.82) is 0 Å². The zero-order valence-corrected chi connectivity index (χ0v) is 11.0. The fraction of sp³-hybridized carbons (Fsp3) is 0.750. The van der Waals surface area contributed by atoms with E-state index in [1.54, 1.807) is 0 Å². The third-order valence-electron chi connectivity index (χ3n) is 3.37. The molecule has 1 aromatic heterocycles. The Bertz CT molecular complexity index is 318. The van der Waals surface area contributed by atoms with Crippen molar-refractivity contribution in [2.24, 2.45) is 5.92 Å². The van der Waals surface area contributed by atoms with Crippen LogP contribution in [0.15, 0.2) is 12.4 Å². The second-order valence-electron chi connectivity index (χ2n) is 4.43. The van der Waals surface area contributed by atoms with Gasteiger partial charge in [-0.1, -0.05) is 0 Å². The highest BCUT2D eigenvalue weighted by Crippen LogP contribution is 2.27. The molecule has 4 heteroatoms. The van der Waals surface area contributed by atoms with Crippen LogP contribution in [-0.4, -0.2) is 34.4 Å². The van der Waals surface area contributed by atoms with Gasteiger partial charge in [0.2, 0.25) is 0 Å². The van der Waals surface area contributed by atoms with Gasteiger partial charge < -0.3 is 5.32 Å². The molecule has 90 valence electrons. The van der Waals surface area contributed by atoms with Crippen LogP contribution < -0.4 is 5.32 Å². The van der Waals surface area contributed by atoms with Crippen molar-refractivity contribution in [1.82, 2.24) is 15.1 Å². The van der Waals surface area contributed by atoms with Crippen LogP contribution in [0.5, 0.6) is 0 Å². The molecule has 0 amide bonds. The van der Waals surface area contributed by atoms with E-state index in [1.165, 1.54) is 23.5 Å². The van der Waals surface area contributed by atoms with E-state index in [1.807, 2.05) is 10.9 Å². The van der Waals surface area contributed by atoms with Gasteiger partial charge >= 0.3 is 0 Å². The summed E-state index contributed by atoms with van der Waals surface area (Å²) in [4.78, 5) is 0. The number of nitrogens with one attached hydrogen (secondary N) is 1. The van der Waals surface area contributed by atoms with Gasteiger partial charge in [0.25, 0.3) is 0 Å². The Morgan fingerprint density at radius 3 is 3.12 bits per heavy atom. The van der Waals surface area contributed by atoms with Crippen LogP contribution in [0.3, 0.4) is 0 Å². The van der Waals surface area contributed by atoms with E-state index in [0.29, 0.717) is 6.04 Å². The molecule has 0 aliphatic carbocycles. The van der Waals surface area contributed by atoms with Gasteiger partial charge in [-0.3, -0.25) is 4.68 Å². The maximum Gasteiger partial charge on any atom is 0.0522 e. The number of aromatic nitrogens is 2. The Balaban J connectivity index is 1.94. The van der Waals surface area contributed by atoms with Crippen molar-refractivity contribution in [3.8, 4) is 0 Å². The minimum atomic E-state index is 0.615. The van der Waals surface area contributed by atoms with Crippen molar-refractivity contribution in [2.45, 2.75) is 32.4 Å². The van der Waals surface area contributed by atoms with Crippen molar-refractivity contribution in [2.75, 3.05) is 18.6 Å². The van der Waals surface area contributed by atoms with Gasteiger partial charge in [0.05, 0.1) is 6.20 Å². The first-order valence-electron chi connectivity index (χ1n) is 6.09. The van der Waals surface area contributed by atoms with E-state index < -0.39 is 0 Å². The summed E-state index contributed by atoms with van der Waals surface area (Å²) in [6.07, 6.45) is 6.65. The van der Waals surface area contributed by atoms with Crippen LogP contribution in [0.4, 0.5) is 0 Å². The molecule has 0 saturated carbocycles.